The first-order valence-corrected chi connectivity index (χ1v) is 11.9. The molecule has 0 aliphatic carbocycles. The average molecular weight is 462 g/mol. The van der Waals surface area contributed by atoms with E-state index in [1.165, 1.54) is 10.8 Å². The zero-order valence-corrected chi connectivity index (χ0v) is 19.4. The van der Waals surface area contributed by atoms with Crippen LogP contribution < -0.4 is 15.1 Å². The van der Waals surface area contributed by atoms with Gasteiger partial charge < -0.3 is 19.1 Å². The van der Waals surface area contributed by atoms with Crippen LogP contribution in [-0.2, 0) is 9.47 Å². The fraction of sp³-hybridized carbons (Fsp3) is 0.385. The molecule has 0 bridgehead atoms. The zero-order chi connectivity index (χ0) is 23.0. The number of nitrogens with zero attached hydrogens (tertiary/aromatic N) is 4. The van der Waals surface area contributed by atoms with Gasteiger partial charge in [0, 0.05) is 44.5 Å². The second kappa shape index (κ2) is 11.3. The van der Waals surface area contributed by atoms with E-state index in [1.54, 1.807) is 6.21 Å². The number of benzene rings is 2. The molecule has 2 aliphatic rings. The molecule has 0 saturated carbocycles. The lowest BCUT2D eigenvalue weighted by atomic mass is 10.1. The molecule has 0 atom stereocenters. The van der Waals surface area contributed by atoms with E-state index in [2.05, 4.69) is 49.6 Å². The van der Waals surface area contributed by atoms with E-state index in [1.807, 2.05) is 30.3 Å². The summed E-state index contributed by atoms with van der Waals surface area (Å²) in [6.07, 6.45) is 1.74. The van der Waals surface area contributed by atoms with Crippen LogP contribution in [0.15, 0.2) is 59.7 Å². The summed E-state index contributed by atoms with van der Waals surface area (Å²) in [5, 5.41) is 6.82. The molecule has 0 radical (unpaired) electrons. The number of hydrogen-bond donors (Lipinski definition) is 1. The van der Waals surface area contributed by atoms with E-state index >= 15 is 0 Å². The maximum atomic E-state index is 6.06. The maximum Gasteiger partial charge on any atom is 0.215 e. The quantitative estimate of drug-likeness (QED) is 0.408. The topological polar surface area (TPSA) is 71.5 Å². The minimum absolute atomic E-state index is 0.589. The summed E-state index contributed by atoms with van der Waals surface area (Å²) in [7, 11) is 0. The number of hydrogen-bond acceptors (Lipinski definition) is 8. The zero-order valence-electron chi connectivity index (χ0n) is 19.4. The Morgan fingerprint density at radius 1 is 0.912 bits per heavy atom. The number of rotatable bonds is 8. The Balaban J connectivity index is 1.28. The third kappa shape index (κ3) is 6.02. The molecule has 0 spiro atoms. The first-order chi connectivity index (χ1) is 16.8. The Hall–Kier alpha value is -3.20. The standard InChI is InChI=1S/C26H31N5O3/c1-2-4-22-17-23(6-5-21(22)3-1)29-27-20-24-18-25(31-10-14-33-15-11-31)19-26(28-24)34-16-9-30-7-12-32-13-8-30/h1-6,17-20,29H,7-16H2/b27-20+. The van der Waals surface area contributed by atoms with Crippen molar-refractivity contribution in [1.82, 2.24) is 9.88 Å². The number of pyridine rings is 1. The van der Waals surface area contributed by atoms with Crippen molar-refractivity contribution in [3.05, 3.63) is 60.3 Å². The van der Waals surface area contributed by atoms with Crippen LogP contribution in [-0.4, -0.2) is 81.9 Å². The lowest BCUT2D eigenvalue weighted by Gasteiger charge is -2.29. The van der Waals surface area contributed by atoms with Gasteiger partial charge in [-0.05, 0) is 29.0 Å². The predicted molar refractivity (Wildman–Crippen MR) is 135 cm³/mol. The molecule has 2 fully saturated rings. The Morgan fingerprint density at radius 3 is 2.50 bits per heavy atom. The number of nitrogens with one attached hydrogen (secondary N) is 1. The molecular formula is C26H31N5O3. The Kier molecular flexibility index (Phi) is 7.50. The third-order valence-electron chi connectivity index (χ3n) is 6.08. The molecule has 34 heavy (non-hydrogen) atoms. The highest BCUT2D eigenvalue weighted by atomic mass is 16.5. The van der Waals surface area contributed by atoms with Crippen molar-refractivity contribution in [3.63, 3.8) is 0 Å². The van der Waals surface area contributed by atoms with Crippen LogP contribution in [0.4, 0.5) is 11.4 Å². The van der Waals surface area contributed by atoms with E-state index < -0.39 is 0 Å². The summed E-state index contributed by atoms with van der Waals surface area (Å²) in [4.78, 5) is 9.33. The van der Waals surface area contributed by atoms with Gasteiger partial charge in [0.05, 0.1) is 44.0 Å². The van der Waals surface area contributed by atoms with Crippen LogP contribution in [0.25, 0.3) is 10.8 Å². The summed E-state index contributed by atoms with van der Waals surface area (Å²) < 4.78 is 17.0. The highest BCUT2D eigenvalue weighted by molar-refractivity contribution is 5.86. The smallest absolute Gasteiger partial charge is 0.215 e. The van der Waals surface area contributed by atoms with Crippen LogP contribution in [0.2, 0.25) is 0 Å². The second-order valence-electron chi connectivity index (χ2n) is 8.42. The second-order valence-corrected chi connectivity index (χ2v) is 8.42. The predicted octanol–water partition coefficient (Wildman–Crippen LogP) is 3.23. The van der Waals surface area contributed by atoms with Crippen LogP contribution >= 0.6 is 0 Å². The van der Waals surface area contributed by atoms with Gasteiger partial charge in [-0.25, -0.2) is 4.98 Å². The maximum absolute atomic E-state index is 6.06. The molecule has 178 valence electrons. The summed E-state index contributed by atoms with van der Waals surface area (Å²) in [6, 6.07) is 18.5. The van der Waals surface area contributed by atoms with Crippen LogP contribution in [0.3, 0.4) is 0 Å². The fourth-order valence-corrected chi connectivity index (χ4v) is 4.19. The highest BCUT2D eigenvalue weighted by Gasteiger charge is 2.15. The van der Waals surface area contributed by atoms with Gasteiger partial charge in [0.25, 0.3) is 0 Å². The van der Waals surface area contributed by atoms with Crippen molar-refractivity contribution in [2.24, 2.45) is 5.10 Å². The number of fused-ring (bicyclic) bond motifs is 1. The van der Waals surface area contributed by atoms with Crippen molar-refractivity contribution >= 4 is 28.4 Å². The largest absolute Gasteiger partial charge is 0.476 e. The van der Waals surface area contributed by atoms with Crippen molar-refractivity contribution < 1.29 is 14.2 Å². The summed E-state index contributed by atoms with van der Waals surface area (Å²) in [5.74, 6) is 0.615. The normalized spacial score (nSPS) is 17.4. The average Bonchev–Trinajstić information content (AvgIpc) is 2.90. The number of anilines is 2. The molecule has 8 heteroatoms. The summed E-state index contributed by atoms with van der Waals surface area (Å²) in [6.45, 7) is 8.07. The molecule has 2 aliphatic heterocycles. The lowest BCUT2D eigenvalue weighted by Crippen LogP contribution is -2.38. The number of aromatic nitrogens is 1. The van der Waals surface area contributed by atoms with E-state index in [4.69, 9.17) is 14.2 Å². The molecule has 0 amide bonds. The van der Waals surface area contributed by atoms with E-state index in [9.17, 15) is 0 Å². The molecule has 3 aromatic rings. The van der Waals surface area contributed by atoms with Crippen molar-refractivity contribution in [3.8, 4) is 5.88 Å². The monoisotopic (exact) mass is 461 g/mol. The minimum atomic E-state index is 0.589. The Bertz CT molecular complexity index is 1110. The van der Waals surface area contributed by atoms with Gasteiger partial charge in [-0.1, -0.05) is 30.3 Å². The van der Waals surface area contributed by atoms with Gasteiger partial charge in [-0.15, -0.1) is 0 Å². The van der Waals surface area contributed by atoms with Gasteiger partial charge >= 0.3 is 0 Å². The molecular weight excluding hydrogens is 430 g/mol. The number of morpholine rings is 2. The lowest BCUT2D eigenvalue weighted by molar-refractivity contribution is 0.0320. The van der Waals surface area contributed by atoms with Gasteiger partial charge in [-0.3, -0.25) is 10.3 Å². The molecule has 1 N–H and O–H groups in total. The Labute approximate surface area is 200 Å². The van der Waals surface area contributed by atoms with Crippen molar-refractivity contribution in [1.29, 1.82) is 0 Å². The summed E-state index contributed by atoms with van der Waals surface area (Å²) >= 11 is 0. The van der Waals surface area contributed by atoms with Crippen molar-refractivity contribution in [2.45, 2.75) is 0 Å². The molecule has 8 nitrogen and oxygen atoms in total. The van der Waals surface area contributed by atoms with E-state index in [0.29, 0.717) is 12.5 Å². The molecule has 2 aromatic carbocycles. The first-order valence-electron chi connectivity index (χ1n) is 11.9. The Morgan fingerprint density at radius 2 is 1.68 bits per heavy atom. The number of ether oxygens (including phenoxy) is 3. The van der Waals surface area contributed by atoms with E-state index in [0.717, 1.165) is 76.2 Å². The van der Waals surface area contributed by atoms with Gasteiger partial charge in [0.1, 0.15) is 6.61 Å². The van der Waals surface area contributed by atoms with Gasteiger partial charge in [0.15, 0.2) is 0 Å². The molecule has 3 heterocycles. The number of hydrazone groups is 1. The molecule has 5 rings (SSSR count). The third-order valence-corrected chi connectivity index (χ3v) is 6.08. The summed E-state index contributed by atoms with van der Waals surface area (Å²) in [5.41, 5.74) is 5.88. The van der Waals surface area contributed by atoms with E-state index in [-0.39, 0.29) is 0 Å². The van der Waals surface area contributed by atoms with Crippen LogP contribution in [0.1, 0.15) is 5.69 Å². The first kappa shape index (κ1) is 22.6. The SMILES string of the molecule is C(=N\Nc1ccc2ccccc2c1)/c1cc(N2CCOCC2)cc(OCCN2CCOCC2)n1. The van der Waals surface area contributed by atoms with Gasteiger partial charge in [0.2, 0.25) is 5.88 Å². The fourth-order valence-electron chi connectivity index (χ4n) is 4.19. The minimum Gasteiger partial charge on any atom is -0.476 e. The molecule has 2 saturated heterocycles. The van der Waals surface area contributed by atoms with Gasteiger partial charge in [-0.2, -0.15) is 5.10 Å². The molecule has 0 unspecified atom stereocenters. The highest BCUT2D eigenvalue weighted by Crippen LogP contribution is 2.22. The van der Waals surface area contributed by atoms with Crippen molar-refractivity contribution in [2.75, 3.05) is 76.1 Å². The molecule has 1 aromatic heterocycles. The van der Waals surface area contributed by atoms with Crippen LogP contribution in [0.5, 0.6) is 5.88 Å². The van der Waals surface area contributed by atoms with Crippen LogP contribution in [0, 0.1) is 0 Å².